The number of anilines is 1. The van der Waals surface area contributed by atoms with Crippen molar-refractivity contribution in [1.82, 2.24) is 15.8 Å². The van der Waals surface area contributed by atoms with Crippen molar-refractivity contribution in [2.75, 3.05) is 5.32 Å². The summed E-state index contributed by atoms with van der Waals surface area (Å²) in [6.45, 7) is 14.0. The predicted molar refractivity (Wildman–Crippen MR) is 143 cm³/mol. The minimum atomic E-state index is -1.02. The molecule has 2 aromatic carbocycles. The van der Waals surface area contributed by atoms with Crippen molar-refractivity contribution in [3.05, 3.63) is 82.7 Å². The molecule has 1 amide bonds. The molecule has 3 aromatic rings. The number of carbonyl (C=O) groups is 1. The molecule has 1 unspecified atom stereocenters. The van der Waals surface area contributed by atoms with E-state index in [0.717, 1.165) is 22.4 Å². The number of carbonyl (C=O) groups excluding carboxylic acids is 1. The molecule has 0 radical (unpaired) electrons. The minimum Gasteiger partial charge on any atom is -0.369 e. The summed E-state index contributed by atoms with van der Waals surface area (Å²) < 4.78 is 0. The SMILES string of the molecule is Cc1ncc(NC(O)c2cc(C#N)cc(C(C)(C)C)c2)cc1-c1ccc(C(=O)NNC(C)(C)C)cc1. The van der Waals surface area contributed by atoms with E-state index in [1.54, 1.807) is 24.4 Å². The number of nitrogens with one attached hydrogen (secondary N) is 3. The van der Waals surface area contributed by atoms with Crippen LogP contribution in [0.5, 0.6) is 0 Å². The van der Waals surface area contributed by atoms with Gasteiger partial charge in [-0.15, -0.1) is 0 Å². The average Bonchev–Trinajstić information content (AvgIpc) is 2.82. The Kier molecular flexibility index (Phi) is 7.83. The largest absolute Gasteiger partial charge is 0.369 e. The summed E-state index contributed by atoms with van der Waals surface area (Å²) >= 11 is 0. The monoisotopic (exact) mass is 485 g/mol. The Hall–Kier alpha value is -3.73. The number of rotatable bonds is 6. The number of aryl methyl sites for hydroxylation is 1. The van der Waals surface area contributed by atoms with Crippen molar-refractivity contribution in [3.63, 3.8) is 0 Å². The number of hydrogen-bond donors (Lipinski definition) is 4. The third kappa shape index (κ3) is 6.91. The first-order chi connectivity index (χ1) is 16.8. The molecule has 4 N–H and O–H groups in total. The van der Waals surface area contributed by atoms with Gasteiger partial charge >= 0.3 is 0 Å². The van der Waals surface area contributed by atoms with Gasteiger partial charge in [0.2, 0.25) is 0 Å². The summed E-state index contributed by atoms with van der Waals surface area (Å²) in [6, 6.07) is 16.8. The number of amides is 1. The first kappa shape index (κ1) is 26.9. The molecule has 36 heavy (non-hydrogen) atoms. The Morgan fingerprint density at radius 3 is 2.28 bits per heavy atom. The lowest BCUT2D eigenvalue weighted by Gasteiger charge is -2.22. The van der Waals surface area contributed by atoms with Crippen molar-refractivity contribution >= 4 is 11.6 Å². The summed E-state index contributed by atoms with van der Waals surface area (Å²) in [5.41, 5.74) is 11.2. The Bertz CT molecular complexity index is 1280. The first-order valence-electron chi connectivity index (χ1n) is 11.9. The van der Waals surface area contributed by atoms with Crippen molar-refractivity contribution in [2.45, 2.75) is 65.6 Å². The van der Waals surface area contributed by atoms with Gasteiger partial charge in [-0.2, -0.15) is 5.26 Å². The maximum Gasteiger partial charge on any atom is 0.265 e. The molecule has 188 valence electrons. The number of aliphatic hydroxyl groups is 1. The van der Waals surface area contributed by atoms with Crippen LogP contribution in [-0.2, 0) is 5.41 Å². The van der Waals surface area contributed by atoms with E-state index in [2.05, 4.69) is 48.0 Å². The van der Waals surface area contributed by atoms with Gasteiger partial charge < -0.3 is 10.4 Å². The van der Waals surface area contributed by atoms with Crippen molar-refractivity contribution in [3.8, 4) is 17.2 Å². The summed E-state index contributed by atoms with van der Waals surface area (Å²) in [4.78, 5) is 16.9. The van der Waals surface area contributed by atoms with E-state index in [1.165, 1.54) is 0 Å². The topological polar surface area (TPSA) is 110 Å². The van der Waals surface area contributed by atoms with Crippen molar-refractivity contribution in [2.24, 2.45) is 0 Å². The Morgan fingerprint density at radius 2 is 1.69 bits per heavy atom. The summed E-state index contributed by atoms with van der Waals surface area (Å²) in [5, 5.41) is 23.5. The fourth-order valence-corrected chi connectivity index (χ4v) is 3.57. The molecule has 1 atom stereocenters. The highest BCUT2D eigenvalue weighted by Crippen LogP contribution is 2.29. The van der Waals surface area contributed by atoms with E-state index in [-0.39, 0.29) is 16.9 Å². The summed E-state index contributed by atoms with van der Waals surface area (Å²) in [5.74, 6) is -0.209. The zero-order chi connectivity index (χ0) is 26.7. The van der Waals surface area contributed by atoms with Crippen molar-refractivity contribution in [1.29, 1.82) is 5.26 Å². The number of aliphatic hydroxyl groups excluding tert-OH is 1. The molecule has 0 aliphatic rings. The van der Waals surface area contributed by atoms with Crippen molar-refractivity contribution < 1.29 is 9.90 Å². The highest BCUT2D eigenvalue weighted by atomic mass is 16.3. The zero-order valence-corrected chi connectivity index (χ0v) is 22.0. The van der Waals surface area contributed by atoms with Gasteiger partial charge in [-0.1, -0.05) is 39.0 Å². The maximum atomic E-state index is 12.4. The third-order valence-electron chi connectivity index (χ3n) is 5.67. The van der Waals surface area contributed by atoms with Crippen LogP contribution >= 0.6 is 0 Å². The average molecular weight is 486 g/mol. The van der Waals surface area contributed by atoms with Gasteiger partial charge in [-0.05, 0) is 74.6 Å². The van der Waals surface area contributed by atoms with Gasteiger partial charge in [-0.25, -0.2) is 5.43 Å². The Balaban J connectivity index is 1.82. The van der Waals surface area contributed by atoms with Crippen LogP contribution in [0, 0.1) is 18.3 Å². The molecule has 1 heterocycles. The molecular formula is C29H35N5O2. The van der Waals surface area contributed by atoms with Crippen LogP contribution in [0.2, 0.25) is 0 Å². The quantitative estimate of drug-likeness (QED) is 0.276. The standard InChI is InChI=1S/C29H35N5O2/c1-18-25(20-8-10-21(11-9-20)27(36)33-34-29(5,6)7)15-24(17-31-18)32-26(35)22-12-19(16-30)13-23(14-22)28(2,3)4/h8-15,17,26,32,34-35H,1-7H3,(H,33,36). The predicted octanol–water partition coefficient (Wildman–Crippen LogP) is 5.36. The van der Waals surface area contributed by atoms with E-state index in [9.17, 15) is 15.2 Å². The van der Waals surface area contributed by atoms with Crippen LogP contribution in [0.15, 0.2) is 54.7 Å². The number of nitrogens with zero attached hydrogens (tertiary/aromatic N) is 2. The van der Waals surface area contributed by atoms with Gasteiger partial charge in [0.1, 0.15) is 0 Å². The number of benzene rings is 2. The summed E-state index contributed by atoms with van der Waals surface area (Å²) in [6.07, 6.45) is 0.652. The van der Waals surface area contributed by atoms with Crippen LogP contribution in [0.4, 0.5) is 5.69 Å². The van der Waals surface area contributed by atoms with Gasteiger partial charge in [0, 0.05) is 27.9 Å². The molecule has 7 heteroatoms. The Labute approximate surface area is 213 Å². The summed E-state index contributed by atoms with van der Waals surface area (Å²) in [7, 11) is 0. The number of hydrazine groups is 1. The molecule has 0 saturated carbocycles. The molecule has 0 bridgehead atoms. The van der Waals surface area contributed by atoms with E-state index in [1.807, 2.05) is 58.0 Å². The van der Waals surface area contributed by atoms with Crippen LogP contribution < -0.4 is 16.2 Å². The van der Waals surface area contributed by atoms with Crippen LogP contribution in [-0.4, -0.2) is 21.5 Å². The first-order valence-corrected chi connectivity index (χ1v) is 11.9. The highest BCUT2D eigenvalue weighted by molar-refractivity contribution is 5.94. The molecule has 7 nitrogen and oxygen atoms in total. The third-order valence-corrected chi connectivity index (χ3v) is 5.67. The van der Waals surface area contributed by atoms with E-state index >= 15 is 0 Å². The number of hydrogen-bond acceptors (Lipinski definition) is 6. The van der Waals surface area contributed by atoms with Crippen LogP contribution in [0.25, 0.3) is 11.1 Å². The second-order valence-electron chi connectivity index (χ2n) is 11.0. The molecule has 0 saturated heterocycles. The fourth-order valence-electron chi connectivity index (χ4n) is 3.57. The molecule has 0 aliphatic heterocycles. The van der Waals surface area contributed by atoms with E-state index < -0.39 is 6.23 Å². The fraction of sp³-hybridized carbons (Fsp3) is 0.345. The highest BCUT2D eigenvalue weighted by Gasteiger charge is 2.19. The van der Waals surface area contributed by atoms with Crippen LogP contribution in [0.3, 0.4) is 0 Å². The lowest BCUT2D eigenvalue weighted by Crippen LogP contribution is -2.48. The second kappa shape index (κ2) is 10.5. The number of pyridine rings is 1. The Morgan fingerprint density at radius 1 is 1.03 bits per heavy atom. The molecule has 0 fully saturated rings. The van der Waals surface area contributed by atoms with Gasteiger partial charge in [0.15, 0.2) is 6.23 Å². The smallest absolute Gasteiger partial charge is 0.265 e. The zero-order valence-electron chi connectivity index (χ0n) is 22.0. The van der Waals surface area contributed by atoms with E-state index in [0.29, 0.717) is 22.4 Å². The molecule has 3 rings (SSSR count). The van der Waals surface area contributed by atoms with Gasteiger partial charge in [0.05, 0.1) is 23.5 Å². The minimum absolute atomic E-state index is 0.161. The molecule has 1 aromatic heterocycles. The van der Waals surface area contributed by atoms with Crippen LogP contribution in [0.1, 0.15) is 80.5 Å². The normalized spacial score (nSPS) is 12.5. The number of nitriles is 1. The second-order valence-corrected chi connectivity index (χ2v) is 11.0. The lowest BCUT2D eigenvalue weighted by molar-refractivity contribution is 0.0914. The number of aromatic nitrogens is 1. The molecular weight excluding hydrogens is 450 g/mol. The van der Waals surface area contributed by atoms with E-state index in [4.69, 9.17) is 0 Å². The molecule has 0 aliphatic carbocycles. The molecule has 0 spiro atoms. The van der Waals surface area contributed by atoms with Gasteiger partial charge in [0.25, 0.3) is 5.91 Å². The lowest BCUT2D eigenvalue weighted by atomic mass is 9.85. The van der Waals surface area contributed by atoms with Gasteiger partial charge in [-0.3, -0.25) is 15.2 Å². The maximum absolute atomic E-state index is 12.4.